The van der Waals surface area contributed by atoms with Gasteiger partial charge in [-0.1, -0.05) is 0 Å². The van der Waals surface area contributed by atoms with Gasteiger partial charge in [0.1, 0.15) is 5.82 Å². The fourth-order valence-corrected chi connectivity index (χ4v) is 3.41. The zero-order valence-electron chi connectivity index (χ0n) is 17.7. The van der Waals surface area contributed by atoms with E-state index in [-0.39, 0.29) is 5.56 Å². The van der Waals surface area contributed by atoms with Gasteiger partial charge in [0.05, 0.1) is 5.56 Å². The third kappa shape index (κ3) is 5.10. The average Bonchev–Trinajstić information content (AvgIpc) is 2.77. The molecule has 0 atom stereocenters. The maximum Gasteiger partial charge on any atom is 0.335 e. The third-order valence-corrected chi connectivity index (χ3v) is 5.36. The minimum atomic E-state index is -0.955. The van der Waals surface area contributed by atoms with Crippen molar-refractivity contribution in [2.24, 2.45) is 0 Å². The summed E-state index contributed by atoms with van der Waals surface area (Å²) in [4.78, 5) is 24.6. The van der Waals surface area contributed by atoms with E-state index >= 15 is 0 Å². The molecule has 8 nitrogen and oxygen atoms in total. The second-order valence-corrected chi connectivity index (χ2v) is 7.69. The van der Waals surface area contributed by atoms with Gasteiger partial charge in [-0.25, -0.2) is 9.78 Å². The topological polar surface area (TPSA) is 93.6 Å². The number of benzene rings is 2. The van der Waals surface area contributed by atoms with E-state index in [0.717, 1.165) is 43.1 Å². The lowest BCUT2D eigenvalue weighted by molar-refractivity contribution is 0.0697. The Labute approximate surface area is 181 Å². The molecule has 0 amide bonds. The van der Waals surface area contributed by atoms with Crippen molar-refractivity contribution in [2.45, 2.75) is 6.92 Å². The number of hydrogen-bond acceptors (Lipinski definition) is 7. The van der Waals surface area contributed by atoms with Crippen LogP contribution in [0.15, 0.2) is 54.7 Å². The van der Waals surface area contributed by atoms with Crippen LogP contribution in [0.5, 0.6) is 0 Å². The number of aromatic nitrogens is 2. The third-order valence-electron chi connectivity index (χ3n) is 5.36. The highest BCUT2D eigenvalue weighted by Crippen LogP contribution is 2.24. The van der Waals surface area contributed by atoms with Crippen LogP contribution in [-0.2, 0) is 0 Å². The van der Waals surface area contributed by atoms with Crippen molar-refractivity contribution in [3.63, 3.8) is 0 Å². The van der Waals surface area contributed by atoms with E-state index < -0.39 is 5.97 Å². The lowest BCUT2D eigenvalue weighted by atomic mass is 10.2. The summed E-state index contributed by atoms with van der Waals surface area (Å²) in [5, 5.41) is 15.5. The SMILES string of the molecule is Cc1cnc(Nc2ccc(C(=O)O)cc2)nc1Nc1ccc(N2CCN(C)CC2)cc1. The number of aryl methyl sites for hydroxylation is 1. The summed E-state index contributed by atoms with van der Waals surface area (Å²) in [5.74, 6) is 0.195. The van der Waals surface area contributed by atoms with Crippen molar-refractivity contribution in [3.8, 4) is 0 Å². The number of carboxylic acid groups (broad SMARTS) is 1. The van der Waals surface area contributed by atoms with Crippen LogP contribution in [0, 0.1) is 6.92 Å². The molecule has 1 aliphatic heterocycles. The summed E-state index contributed by atoms with van der Waals surface area (Å²) in [7, 11) is 2.16. The van der Waals surface area contributed by atoms with Gasteiger partial charge in [-0.3, -0.25) is 0 Å². The van der Waals surface area contributed by atoms with E-state index in [1.807, 2.05) is 6.92 Å². The quantitative estimate of drug-likeness (QED) is 0.558. The predicted octanol–water partition coefficient (Wildman–Crippen LogP) is 3.72. The Kier molecular flexibility index (Phi) is 5.99. The van der Waals surface area contributed by atoms with Crippen LogP contribution in [0.4, 0.5) is 28.8 Å². The fourth-order valence-electron chi connectivity index (χ4n) is 3.41. The van der Waals surface area contributed by atoms with Gasteiger partial charge in [0, 0.05) is 55.0 Å². The van der Waals surface area contributed by atoms with E-state index in [0.29, 0.717) is 11.8 Å². The lowest BCUT2D eigenvalue weighted by Gasteiger charge is -2.34. The monoisotopic (exact) mass is 418 g/mol. The van der Waals surface area contributed by atoms with Gasteiger partial charge < -0.3 is 25.5 Å². The fraction of sp³-hybridized carbons (Fsp3) is 0.261. The van der Waals surface area contributed by atoms with Gasteiger partial charge in [-0.15, -0.1) is 0 Å². The normalized spacial score (nSPS) is 14.3. The molecular weight excluding hydrogens is 392 g/mol. The highest BCUT2D eigenvalue weighted by Gasteiger charge is 2.14. The molecule has 0 saturated carbocycles. The molecule has 3 N–H and O–H groups in total. The van der Waals surface area contributed by atoms with Crippen molar-refractivity contribution >= 4 is 34.8 Å². The highest BCUT2D eigenvalue weighted by atomic mass is 16.4. The second-order valence-electron chi connectivity index (χ2n) is 7.69. The number of hydrogen-bond donors (Lipinski definition) is 3. The number of aromatic carboxylic acids is 1. The molecule has 2 heterocycles. The Bertz CT molecular complexity index is 1040. The first-order valence-corrected chi connectivity index (χ1v) is 10.2. The van der Waals surface area contributed by atoms with Crippen molar-refractivity contribution in [3.05, 3.63) is 65.9 Å². The number of rotatable bonds is 6. The minimum absolute atomic E-state index is 0.234. The van der Waals surface area contributed by atoms with Crippen LogP contribution in [0.25, 0.3) is 0 Å². The number of nitrogens with one attached hydrogen (secondary N) is 2. The molecule has 3 aromatic rings. The van der Waals surface area contributed by atoms with Crippen molar-refractivity contribution in [1.29, 1.82) is 0 Å². The number of likely N-dealkylation sites (N-methyl/N-ethyl adjacent to an activating group) is 1. The molecule has 8 heteroatoms. The van der Waals surface area contributed by atoms with Crippen LogP contribution < -0.4 is 15.5 Å². The van der Waals surface area contributed by atoms with Gasteiger partial charge in [0.25, 0.3) is 0 Å². The predicted molar refractivity (Wildman–Crippen MR) is 123 cm³/mol. The largest absolute Gasteiger partial charge is 0.478 e. The average molecular weight is 419 g/mol. The van der Waals surface area contributed by atoms with Crippen molar-refractivity contribution in [1.82, 2.24) is 14.9 Å². The summed E-state index contributed by atoms with van der Waals surface area (Å²) < 4.78 is 0. The molecule has 160 valence electrons. The Morgan fingerprint density at radius 1 is 0.935 bits per heavy atom. The Morgan fingerprint density at radius 3 is 2.19 bits per heavy atom. The molecule has 2 aromatic carbocycles. The van der Waals surface area contributed by atoms with Crippen molar-refractivity contribution in [2.75, 3.05) is 48.8 Å². The molecule has 31 heavy (non-hydrogen) atoms. The summed E-state index contributed by atoms with van der Waals surface area (Å²) in [6.45, 7) is 6.18. The number of carbonyl (C=O) groups is 1. The van der Waals surface area contributed by atoms with Crippen LogP contribution in [0.3, 0.4) is 0 Å². The Balaban J connectivity index is 1.44. The first-order chi connectivity index (χ1) is 15.0. The summed E-state index contributed by atoms with van der Waals surface area (Å²) in [6, 6.07) is 14.9. The van der Waals surface area contributed by atoms with Gasteiger partial charge in [-0.05, 0) is 62.5 Å². The molecule has 1 fully saturated rings. The summed E-state index contributed by atoms with van der Waals surface area (Å²) in [5.41, 5.74) is 4.06. The summed E-state index contributed by atoms with van der Waals surface area (Å²) >= 11 is 0. The molecule has 0 bridgehead atoms. The number of piperazine rings is 1. The maximum atomic E-state index is 11.0. The molecule has 0 unspecified atom stereocenters. The highest BCUT2D eigenvalue weighted by molar-refractivity contribution is 5.88. The first kappa shape index (κ1) is 20.6. The summed E-state index contributed by atoms with van der Waals surface area (Å²) in [6.07, 6.45) is 1.75. The van der Waals surface area contributed by atoms with E-state index in [1.165, 1.54) is 5.69 Å². The lowest BCUT2D eigenvalue weighted by Crippen LogP contribution is -2.44. The van der Waals surface area contributed by atoms with E-state index in [2.05, 4.69) is 61.7 Å². The van der Waals surface area contributed by atoms with Crippen LogP contribution in [0.1, 0.15) is 15.9 Å². The van der Waals surface area contributed by atoms with Crippen molar-refractivity contribution < 1.29 is 9.90 Å². The zero-order valence-corrected chi connectivity index (χ0v) is 17.7. The smallest absolute Gasteiger partial charge is 0.335 e. The Hall–Kier alpha value is -3.65. The van der Waals surface area contributed by atoms with Gasteiger partial charge in [-0.2, -0.15) is 4.98 Å². The van der Waals surface area contributed by atoms with Crippen LogP contribution in [-0.4, -0.2) is 59.2 Å². The molecule has 0 spiro atoms. The van der Waals surface area contributed by atoms with E-state index in [1.54, 1.807) is 30.5 Å². The Morgan fingerprint density at radius 2 is 1.55 bits per heavy atom. The molecule has 1 aromatic heterocycles. The second kappa shape index (κ2) is 9.01. The van der Waals surface area contributed by atoms with Gasteiger partial charge in [0.2, 0.25) is 5.95 Å². The van der Waals surface area contributed by atoms with Gasteiger partial charge >= 0.3 is 5.97 Å². The molecule has 0 radical (unpaired) electrons. The number of nitrogens with zero attached hydrogens (tertiary/aromatic N) is 4. The maximum absolute atomic E-state index is 11.0. The molecule has 0 aliphatic carbocycles. The molecule has 1 saturated heterocycles. The molecular formula is C23H26N6O2. The van der Waals surface area contributed by atoms with Crippen LogP contribution >= 0.6 is 0 Å². The van der Waals surface area contributed by atoms with Crippen LogP contribution in [0.2, 0.25) is 0 Å². The first-order valence-electron chi connectivity index (χ1n) is 10.2. The number of carboxylic acids is 1. The molecule has 4 rings (SSSR count). The van der Waals surface area contributed by atoms with E-state index in [9.17, 15) is 4.79 Å². The minimum Gasteiger partial charge on any atom is -0.478 e. The van der Waals surface area contributed by atoms with E-state index in [4.69, 9.17) is 5.11 Å². The zero-order chi connectivity index (χ0) is 21.8. The standard InChI is InChI=1S/C23H26N6O2/c1-16-15-24-23(26-19-5-3-17(4-6-19)22(30)31)27-21(16)25-18-7-9-20(10-8-18)29-13-11-28(2)12-14-29/h3-10,15H,11-14H2,1-2H3,(H,30,31)(H2,24,25,26,27). The molecule has 1 aliphatic rings. The number of anilines is 5. The van der Waals surface area contributed by atoms with Gasteiger partial charge in [0.15, 0.2) is 0 Å².